The zero-order chi connectivity index (χ0) is 10.3. The number of nitrogens with one attached hydrogen (secondary N) is 1. The summed E-state index contributed by atoms with van der Waals surface area (Å²) in [6.45, 7) is 0. The van der Waals surface area contributed by atoms with Gasteiger partial charge in [0.2, 0.25) is 0 Å². The first-order valence-corrected chi connectivity index (χ1v) is 6.22. The van der Waals surface area contributed by atoms with E-state index < -0.39 is 0 Å². The Labute approximate surface area is 91.3 Å². The highest BCUT2D eigenvalue weighted by atomic mass is 32.2. The van der Waals surface area contributed by atoms with Crippen LogP contribution in [0, 0.1) is 5.82 Å². The second kappa shape index (κ2) is 3.52. The van der Waals surface area contributed by atoms with Gasteiger partial charge in [0.1, 0.15) is 11.3 Å². The van der Waals surface area contributed by atoms with Gasteiger partial charge in [0.05, 0.1) is 5.52 Å². The Morgan fingerprint density at radius 3 is 3.13 bits per heavy atom. The summed E-state index contributed by atoms with van der Waals surface area (Å²) >= 11 is 1.94. The normalized spacial score (nSPS) is 21.3. The second-order valence-electron chi connectivity index (χ2n) is 3.82. The maximum atomic E-state index is 13.4. The highest BCUT2D eigenvalue weighted by molar-refractivity contribution is 7.99. The number of rotatable bonds is 1. The third-order valence-corrected chi connectivity index (χ3v) is 3.96. The summed E-state index contributed by atoms with van der Waals surface area (Å²) in [7, 11) is 0. The quantitative estimate of drug-likeness (QED) is 0.803. The van der Waals surface area contributed by atoms with Crippen LogP contribution < -0.4 is 0 Å². The summed E-state index contributed by atoms with van der Waals surface area (Å²) in [6.07, 6.45) is 1.14. The van der Waals surface area contributed by atoms with E-state index in [1.165, 1.54) is 11.8 Å². The summed E-state index contributed by atoms with van der Waals surface area (Å²) in [5.74, 6) is 3.47. The van der Waals surface area contributed by atoms with Crippen LogP contribution in [-0.2, 0) is 0 Å². The molecule has 1 aromatic carbocycles. The number of aromatic nitrogens is 2. The summed E-state index contributed by atoms with van der Waals surface area (Å²) in [4.78, 5) is 7.56. The number of H-pyrrole nitrogens is 1. The topological polar surface area (TPSA) is 28.7 Å². The van der Waals surface area contributed by atoms with Crippen molar-refractivity contribution in [3.8, 4) is 0 Å². The number of thioether (sulfide) groups is 1. The number of aromatic amines is 1. The molecule has 1 saturated heterocycles. The molecule has 0 radical (unpaired) electrons. The van der Waals surface area contributed by atoms with Gasteiger partial charge in [-0.15, -0.1) is 0 Å². The lowest BCUT2D eigenvalue weighted by molar-refractivity contribution is 0.636. The smallest absolute Gasteiger partial charge is 0.151 e. The van der Waals surface area contributed by atoms with E-state index >= 15 is 0 Å². The largest absolute Gasteiger partial charge is 0.342 e. The second-order valence-corrected chi connectivity index (χ2v) is 4.97. The Hall–Kier alpha value is -1.03. The molecule has 0 spiro atoms. The number of fused-ring (bicyclic) bond motifs is 1. The summed E-state index contributed by atoms with van der Waals surface area (Å²) in [5.41, 5.74) is 1.28. The van der Waals surface area contributed by atoms with Crippen LogP contribution in [0.15, 0.2) is 18.2 Å². The molecule has 0 saturated carbocycles. The minimum Gasteiger partial charge on any atom is -0.342 e. The van der Waals surface area contributed by atoms with Gasteiger partial charge in [-0.2, -0.15) is 11.8 Å². The van der Waals surface area contributed by atoms with Crippen molar-refractivity contribution >= 4 is 22.8 Å². The van der Waals surface area contributed by atoms with Crippen molar-refractivity contribution in [1.29, 1.82) is 0 Å². The number of nitrogens with zero attached hydrogens (tertiary/aromatic N) is 1. The van der Waals surface area contributed by atoms with Crippen molar-refractivity contribution < 1.29 is 4.39 Å². The minimum atomic E-state index is -0.236. The van der Waals surface area contributed by atoms with E-state index in [-0.39, 0.29) is 5.82 Å². The van der Waals surface area contributed by atoms with Crippen molar-refractivity contribution in [1.82, 2.24) is 9.97 Å². The number of para-hydroxylation sites is 1. The zero-order valence-electron chi connectivity index (χ0n) is 8.16. The van der Waals surface area contributed by atoms with Gasteiger partial charge in [0.15, 0.2) is 5.82 Å². The molecule has 1 aromatic heterocycles. The molecule has 0 aliphatic carbocycles. The molecule has 2 nitrogen and oxygen atoms in total. The number of hydrogen-bond donors (Lipinski definition) is 1. The van der Waals surface area contributed by atoms with Crippen molar-refractivity contribution in [2.75, 3.05) is 11.5 Å². The molecule has 15 heavy (non-hydrogen) atoms. The Kier molecular flexibility index (Phi) is 2.16. The van der Waals surface area contributed by atoms with Gasteiger partial charge in [-0.3, -0.25) is 0 Å². The van der Waals surface area contributed by atoms with E-state index in [0.29, 0.717) is 11.4 Å². The first-order valence-electron chi connectivity index (χ1n) is 5.06. The maximum absolute atomic E-state index is 13.4. The Morgan fingerprint density at radius 2 is 2.40 bits per heavy atom. The Balaban J connectivity index is 2.09. The molecule has 2 aromatic rings. The van der Waals surface area contributed by atoms with Crippen molar-refractivity contribution in [2.24, 2.45) is 0 Å². The fraction of sp³-hybridized carbons (Fsp3) is 0.364. The summed E-state index contributed by atoms with van der Waals surface area (Å²) < 4.78 is 13.4. The molecule has 1 aliphatic heterocycles. The molecule has 1 atom stereocenters. The highest BCUT2D eigenvalue weighted by Crippen LogP contribution is 2.31. The van der Waals surface area contributed by atoms with E-state index in [2.05, 4.69) is 9.97 Å². The van der Waals surface area contributed by atoms with Crippen molar-refractivity contribution in [3.63, 3.8) is 0 Å². The van der Waals surface area contributed by atoms with E-state index in [0.717, 1.165) is 23.5 Å². The number of benzene rings is 1. The van der Waals surface area contributed by atoms with Gasteiger partial charge in [-0.25, -0.2) is 9.37 Å². The molecule has 1 unspecified atom stereocenters. The summed E-state index contributed by atoms with van der Waals surface area (Å²) in [6, 6.07) is 5.04. The fourth-order valence-corrected chi connectivity index (χ4v) is 3.19. The van der Waals surface area contributed by atoms with Gasteiger partial charge < -0.3 is 4.98 Å². The van der Waals surface area contributed by atoms with Crippen molar-refractivity contribution in [2.45, 2.75) is 12.3 Å². The predicted octanol–water partition coefficient (Wildman–Crippen LogP) is 2.92. The van der Waals surface area contributed by atoms with Crippen LogP contribution in [0.4, 0.5) is 4.39 Å². The lowest BCUT2D eigenvalue weighted by atomic mass is 10.1. The standard InChI is InChI=1S/C11H11FN2S/c12-8-2-1-3-9-10(8)14-11(13-9)7-4-5-15-6-7/h1-3,7H,4-6H2,(H,13,14). The SMILES string of the molecule is Fc1cccc2[nH]c(C3CCSC3)nc12. The third-order valence-electron chi connectivity index (χ3n) is 2.80. The number of halogens is 1. The van der Waals surface area contributed by atoms with Gasteiger partial charge in [0.25, 0.3) is 0 Å². The van der Waals surface area contributed by atoms with E-state index in [9.17, 15) is 4.39 Å². The molecule has 4 heteroatoms. The van der Waals surface area contributed by atoms with E-state index in [1.807, 2.05) is 17.8 Å². The fourth-order valence-electron chi connectivity index (χ4n) is 1.96. The van der Waals surface area contributed by atoms with Crippen molar-refractivity contribution in [3.05, 3.63) is 29.8 Å². The maximum Gasteiger partial charge on any atom is 0.151 e. The van der Waals surface area contributed by atoms with Gasteiger partial charge >= 0.3 is 0 Å². The molecular formula is C11H11FN2S. The first-order chi connectivity index (χ1) is 7.34. The van der Waals surface area contributed by atoms with Gasteiger partial charge in [-0.1, -0.05) is 6.07 Å². The zero-order valence-corrected chi connectivity index (χ0v) is 8.98. The lowest BCUT2D eigenvalue weighted by Crippen LogP contribution is -1.98. The van der Waals surface area contributed by atoms with Crippen LogP contribution in [0.1, 0.15) is 18.2 Å². The molecule has 2 heterocycles. The molecule has 0 amide bonds. The van der Waals surface area contributed by atoms with Gasteiger partial charge in [-0.05, 0) is 24.3 Å². The van der Waals surface area contributed by atoms with Crippen LogP contribution in [0.25, 0.3) is 11.0 Å². The molecule has 1 fully saturated rings. The number of hydrogen-bond acceptors (Lipinski definition) is 2. The molecule has 3 rings (SSSR count). The minimum absolute atomic E-state index is 0.236. The molecular weight excluding hydrogens is 211 g/mol. The number of imidazole rings is 1. The predicted molar refractivity (Wildman–Crippen MR) is 60.7 cm³/mol. The van der Waals surface area contributed by atoms with Crippen LogP contribution in [-0.4, -0.2) is 21.5 Å². The Bertz CT molecular complexity index is 488. The van der Waals surface area contributed by atoms with Crippen LogP contribution in [0.2, 0.25) is 0 Å². The average Bonchev–Trinajstić information content (AvgIpc) is 2.86. The Morgan fingerprint density at radius 1 is 1.47 bits per heavy atom. The third kappa shape index (κ3) is 1.53. The molecule has 0 bridgehead atoms. The molecule has 1 aliphatic rings. The average molecular weight is 222 g/mol. The van der Waals surface area contributed by atoms with Crippen LogP contribution >= 0.6 is 11.8 Å². The van der Waals surface area contributed by atoms with Gasteiger partial charge in [0, 0.05) is 11.7 Å². The molecule has 1 N–H and O–H groups in total. The van der Waals surface area contributed by atoms with Crippen LogP contribution in [0.5, 0.6) is 0 Å². The molecule has 78 valence electrons. The lowest BCUT2D eigenvalue weighted by Gasteiger charge is -2.01. The van der Waals surface area contributed by atoms with E-state index in [1.54, 1.807) is 6.07 Å². The summed E-state index contributed by atoms with van der Waals surface area (Å²) in [5, 5.41) is 0. The monoisotopic (exact) mass is 222 g/mol. The first kappa shape index (κ1) is 9.21. The highest BCUT2D eigenvalue weighted by Gasteiger charge is 2.21. The van der Waals surface area contributed by atoms with E-state index in [4.69, 9.17) is 0 Å². The van der Waals surface area contributed by atoms with Crippen LogP contribution in [0.3, 0.4) is 0 Å².